The maximum Gasteiger partial charge on any atom is 0.339 e. The van der Waals surface area contributed by atoms with Gasteiger partial charge >= 0.3 is 5.97 Å². The average Bonchev–Trinajstić information content (AvgIpc) is 2.59. The molecule has 1 aromatic carbocycles. The third kappa shape index (κ3) is 5.77. The van der Waals surface area contributed by atoms with Gasteiger partial charge in [0.1, 0.15) is 12.4 Å². The number of rotatable bonds is 7. The van der Waals surface area contributed by atoms with Crippen molar-refractivity contribution < 1.29 is 23.8 Å². The topological polar surface area (TPSA) is 91.6 Å². The van der Waals surface area contributed by atoms with Crippen molar-refractivity contribution >= 4 is 23.5 Å². The second kappa shape index (κ2) is 8.73. The first-order valence-corrected chi connectivity index (χ1v) is 7.43. The summed E-state index contributed by atoms with van der Waals surface area (Å²) in [5.41, 5.74) is 0.195. The largest absolute Gasteiger partial charge is 0.619 e. The van der Waals surface area contributed by atoms with Crippen molar-refractivity contribution in [2.24, 2.45) is 0 Å². The van der Waals surface area contributed by atoms with E-state index in [-0.39, 0.29) is 18.7 Å². The summed E-state index contributed by atoms with van der Waals surface area (Å²) in [5.74, 6) is -0.485. The second-order valence-electron chi connectivity index (χ2n) is 4.68. The van der Waals surface area contributed by atoms with Crippen LogP contribution in [0.5, 0.6) is 5.75 Å². The van der Waals surface area contributed by atoms with E-state index in [1.54, 1.807) is 24.3 Å². The summed E-state index contributed by atoms with van der Waals surface area (Å²) in [4.78, 5) is 23.2. The van der Waals surface area contributed by atoms with Crippen LogP contribution in [-0.2, 0) is 9.53 Å². The van der Waals surface area contributed by atoms with Gasteiger partial charge in [0.2, 0.25) is 0 Å². The van der Waals surface area contributed by atoms with Crippen LogP contribution in [0, 0.1) is 5.21 Å². The molecule has 2 aromatic rings. The Morgan fingerprint density at radius 1 is 1.12 bits per heavy atom. The first-order valence-electron chi connectivity index (χ1n) is 7.05. The lowest BCUT2D eigenvalue weighted by Crippen LogP contribution is -2.32. The maximum absolute atomic E-state index is 11.7. The number of pyridine rings is 1. The van der Waals surface area contributed by atoms with Gasteiger partial charge in [-0.05, 0) is 24.3 Å². The predicted octanol–water partition coefficient (Wildman–Crippen LogP) is 1.33. The maximum atomic E-state index is 11.7. The Hall–Kier alpha value is -2.80. The number of benzene rings is 1. The summed E-state index contributed by atoms with van der Waals surface area (Å²) in [5, 5.41) is 14.0. The van der Waals surface area contributed by atoms with Crippen molar-refractivity contribution in [1.29, 1.82) is 0 Å². The van der Waals surface area contributed by atoms with Crippen LogP contribution in [-0.4, -0.2) is 31.6 Å². The third-order valence-electron chi connectivity index (χ3n) is 2.88. The van der Waals surface area contributed by atoms with Gasteiger partial charge in [0, 0.05) is 17.2 Å². The molecule has 0 aliphatic carbocycles. The average molecular weight is 351 g/mol. The number of esters is 1. The minimum Gasteiger partial charge on any atom is -0.619 e. The van der Waals surface area contributed by atoms with Crippen LogP contribution in [0.3, 0.4) is 0 Å². The number of ether oxygens (including phenoxy) is 2. The number of nitrogens with one attached hydrogen (secondary N) is 1. The van der Waals surface area contributed by atoms with Crippen LogP contribution >= 0.6 is 11.6 Å². The van der Waals surface area contributed by atoms with Gasteiger partial charge in [-0.2, -0.15) is 4.73 Å². The van der Waals surface area contributed by atoms with Gasteiger partial charge in [0.15, 0.2) is 19.0 Å². The molecule has 2 rings (SSSR count). The van der Waals surface area contributed by atoms with Gasteiger partial charge in [-0.3, -0.25) is 4.79 Å². The highest BCUT2D eigenvalue weighted by Gasteiger charge is 2.10. The monoisotopic (exact) mass is 350 g/mol. The molecular formula is C16H15ClN2O5. The number of aromatic nitrogens is 1. The van der Waals surface area contributed by atoms with E-state index in [9.17, 15) is 14.8 Å². The number of hydrogen-bond donors (Lipinski definition) is 1. The summed E-state index contributed by atoms with van der Waals surface area (Å²) in [6, 6.07) is 9.47. The minimum atomic E-state index is -0.678. The molecule has 1 aromatic heterocycles. The van der Waals surface area contributed by atoms with Gasteiger partial charge in [-0.15, -0.1) is 0 Å². The fourth-order valence-corrected chi connectivity index (χ4v) is 1.83. The molecule has 0 saturated carbocycles. The summed E-state index contributed by atoms with van der Waals surface area (Å²) >= 11 is 5.76. The Morgan fingerprint density at radius 2 is 1.79 bits per heavy atom. The molecule has 0 spiro atoms. The number of nitrogens with zero attached hydrogens (tertiary/aromatic N) is 1. The van der Waals surface area contributed by atoms with Crippen molar-refractivity contribution in [3.05, 3.63) is 64.6 Å². The highest BCUT2D eigenvalue weighted by atomic mass is 35.5. The van der Waals surface area contributed by atoms with E-state index in [1.807, 2.05) is 0 Å². The molecule has 7 nitrogen and oxygen atoms in total. The van der Waals surface area contributed by atoms with Crippen molar-refractivity contribution in [1.82, 2.24) is 5.32 Å². The molecule has 0 aliphatic heterocycles. The van der Waals surface area contributed by atoms with Gasteiger partial charge in [-0.1, -0.05) is 11.6 Å². The molecule has 0 atom stereocenters. The first-order chi connectivity index (χ1) is 11.5. The summed E-state index contributed by atoms with van der Waals surface area (Å²) in [6.45, 7) is 0.121. The zero-order chi connectivity index (χ0) is 17.4. The number of carbonyl (C=O) groups is 2. The molecule has 126 valence electrons. The summed E-state index contributed by atoms with van der Waals surface area (Å²) in [7, 11) is 0. The van der Waals surface area contributed by atoms with Crippen LogP contribution in [0.1, 0.15) is 10.4 Å². The van der Waals surface area contributed by atoms with Crippen molar-refractivity contribution in [2.45, 2.75) is 0 Å². The molecule has 0 unspecified atom stereocenters. The molecule has 0 saturated heterocycles. The zero-order valence-corrected chi connectivity index (χ0v) is 13.4. The van der Waals surface area contributed by atoms with Gasteiger partial charge in [0.05, 0.1) is 12.1 Å². The van der Waals surface area contributed by atoms with E-state index in [0.717, 1.165) is 0 Å². The molecular weight excluding hydrogens is 336 g/mol. The normalized spacial score (nSPS) is 10.0. The fraction of sp³-hybridized carbons (Fsp3) is 0.188. The van der Waals surface area contributed by atoms with E-state index < -0.39 is 18.5 Å². The zero-order valence-electron chi connectivity index (χ0n) is 12.6. The Kier molecular flexibility index (Phi) is 6.39. The van der Waals surface area contributed by atoms with Crippen LogP contribution in [0.15, 0.2) is 48.8 Å². The number of amides is 1. The lowest BCUT2D eigenvalue weighted by atomic mass is 10.3. The second-order valence-corrected chi connectivity index (χ2v) is 5.11. The Bertz CT molecular complexity index is 689. The number of halogens is 1. The first kappa shape index (κ1) is 17.6. The highest BCUT2D eigenvalue weighted by molar-refractivity contribution is 6.30. The molecule has 1 N–H and O–H groups in total. The molecule has 1 heterocycles. The van der Waals surface area contributed by atoms with E-state index in [2.05, 4.69) is 5.32 Å². The summed E-state index contributed by atoms with van der Waals surface area (Å²) < 4.78 is 10.8. The molecule has 0 fully saturated rings. The lowest BCUT2D eigenvalue weighted by Gasteiger charge is -2.08. The molecule has 1 amide bonds. The standard InChI is InChI=1S/C16H15ClN2O5/c17-13-1-3-14(4-2-13)23-10-7-18-15(20)11-24-16(21)12-5-8-19(22)9-6-12/h1-6,8-9H,7,10-11H2,(H,18,20). The van der Waals surface area contributed by atoms with Crippen LogP contribution in [0.25, 0.3) is 0 Å². The van der Waals surface area contributed by atoms with E-state index in [1.165, 1.54) is 24.5 Å². The molecule has 0 aliphatic rings. The number of carbonyl (C=O) groups excluding carboxylic acids is 2. The van der Waals surface area contributed by atoms with Crippen LogP contribution < -0.4 is 14.8 Å². The van der Waals surface area contributed by atoms with E-state index >= 15 is 0 Å². The quantitative estimate of drug-likeness (QED) is 0.352. The van der Waals surface area contributed by atoms with Crippen LogP contribution in [0.2, 0.25) is 5.02 Å². The third-order valence-corrected chi connectivity index (χ3v) is 3.13. The predicted molar refractivity (Wildman–Crippen MR) is 85.6 cm³/mol. The highest BCUT2D eigenvalue weighted by Crippen LogP contribution is 2.15. The number of hydrogen-bond acceptors (Lipinski definition) is 5. The SMILES string of the molecule is O=C(COC(=O)c1cc[n+]([O-])cc1)NCCOc1ccc(Cl)cc1. The van der Waals surface area contributed by atoms with Gasteiger partial charge < -0.3 is 20.0 Å². The van der Waals surface area contributed by atoms with E-state index in [0.29, 0.717) is 15.5 Å². The Balaban J connectivity index is 1.63. The Labute approximate surface area is 143 Å². The van der Waals surface area contributed by atoms with Gasteiger partial charge in [-0.25, -0.2) is 4.79 Å². The Morgan fingerprint density at radius 3 is 2.46 bits per heavy atom. The summed E-state index contributed by atoms with van der Waals surface area (Å²) in [6.07, 6.45) is 2.34. The van der Waals surface area contributed by atoms with E-state index in [4.69, 9.17) is 21.1 Å². The van der Waals surface area contributed by atoms with Gasteiger partial charge in [0.25, 0.3) is 5.91 Å². The fourth-order valence-electron chi connectivity index (χ4n) is 1.70. The molecule has 8 heteroatoms. The minimum absolute atomic E-state index is 0.195. The molecule has 0 bridgehead atoms. The van der Waals surface area contributed by atoms with Crippen LogP contribution in [0.4, 0.5) is 0 Å². The van der Waals surface area contributed by atoms with Crippen molar-refractivity contribution in [3.8, 4) is 5.75 Å². The van der Waals surface area contributed by atoms with Crippen molar-refractivity contribution in [2.75, 3.05) is 19.8 Å². The lowest BCUT2D eigenvalue weighted by molar-refractivity contribution is -0.605. The molecule has 0 radical (unpaired) electrons. The van der Waals surface area contributed by atoms with Crippen molar-refractivity contribution in [3.63, 3.8) is 0 Å². The smallest absolute Gasteiger partial charge is 0.339 e. The molecule has 24 heavy (non-hydrogen) atoms.